The number of hydrogen-bond acceptors (Lipinski definition) is 9. The standard InChI is InChI=1S/C19H34N8O8S/c1-36-6-4-11(17(33)27-12(18(34)35)8-13(21)28)26-16(32)10(3-2-5-24-19(22)23)25-15(31)9(20)7-14(29)30/h9-12H,2-8,20H2,1H3,(H2,21,28)(H,25,31)(H,26,32)(H,27,33)(H,29,30)(H,34,35)(H4,22,23,24). The third-order valence-electron chi connectivity index (χ3n) is 4.57. The Morgan fingerprint density at radius 3 is 1.83 bits per heavy atom. The lowest BCUT2D eigenvalue weighted by Crippen LogP contribution is -2.57. The Morgan fingerprint density at radius 1 is 0.833 bits per heavy atom. The number of aliphatic carboxylic acids is 2. The summed E-state index contributed by atoms with van der Waals surface area (Å²) in [6.07, 6.45) is 0.740. The topological polar surface area (TPSA) is 295 Å². The van der Waals surface area contributed by atoms with Crippen molar-refractivity contribution in [1.29, 1.82) is 0 Å². The van der Waals surface area contributed by atoms with E-state index in [1.165, 1.54) is 11.8 Å². The van der Waals surface area contributed by atoms with Gasteiger partial charge in [0.05, 0.1) is 18.9 Å². The Kier molecular flexibility index (Phi) is 15.2. The fourth-order valence-corrected chi connectivity index (χ4v) is 3.25. The summed E-state index contributed by atoms with van der Waals surface area (Å²) in [7, 11) is 0. The molecule has 0 aromatic heterocycles. The van der Waals surface area contributed by atoms with E-state index in [1.54, 1.807) is 6.26 Å². The molecule has 0 saturated carbocycles. The summed E-state index contributed by atoms with van der Waals surface area (Å²) < 4.78 is 0. The normalized spacial score (nSPS) is 13.8. The third-order valence-corrected chi connectivity index (χ3v) is 5.22. The average molecular weight is 535 g/mol. The van der Waals surface area contributed by atoms with E-state index in [2.05, 4.69) is 20.9 Å². The van der Waals surface area contributed by atoms with Crippen molar-refractivity contribution in [3.8, 4) is 0 Å². The number of thioether (sulfide) groups is 1. The fraction of sp³-hybridized carbons (Fsp3) is 0.632. The van der Waals surface area contributed by atoms with Crippen molar-refractivity contribution >= 4 is 53.3 Å². The van der Waals surface area contributed by atoms with Crippen LogP contribution in [0.4, 0.5) is 0 Å². The Labute approximate surface area is 211 Å². The van der Waals surface area contributed by atoms with Crippen molar-refractivity contribution in [2.75, 3.05) is 18.6 Å². The smallest absolute Gasteiger partial charge is 0.326 e. The lowest BCUT2D eigenvalue weighted by atomic mass is 10.1. The number of carboxylic acid groups (broad SMARTS) is 2. The maximum absolute atomic E-state index is 13.0. The van der Waals surface area contributed by atoms with Crippen molar-refractivity contribution in [1.82, 2.24) is 16.0 Å². The van der Waals surface area contributed by atoms with E-state index in [0.717, 1.165) is 0 Å². The van der Waals surface area contributed by atoms with Crippen LogP contribution in [0.1, 0.15) is 32.1 Å². The molecule has 17 heteroatoms. The van der Waals surface area contributed by atoms with Crippen LogP contribution >= 0.6 is 11.8 Å². The molecule has 0 aliphatic rings. The molecule has 16 nitrogen and oxygen atoms in total. The van der Waals surface area contributed by atoms with Gasteiger partial charge < -0.3 is 49.1 Å². The second-order valence-electron chi connectivity index (χ2n) is 7.63. The van der Waals surface area contributed by atoms with Crippen molar-refractivity contribution in [3.63, 3.8) is 0 Å². The van der Waals surface area contributed by atoms with Crippen molar-refractivity contribution in [3.05, 3.63) is 0 Å². The lowest BCUT2D eigenvalue weighted by molar-refractivity contribution is -0.143. The lowest BCUT2D eigenvalue weighted by Gasteiger charge is -2.25. The highest BCUT2D eigenvalue weighted by Gasteiger charge is 2.30. The van der Waals surface area contributed by atoms with E-state index in [-0.39, 0.29) is 31.8 Å². The number of aliphatic imine (C=N–C) groups is 1. The van der Waals surface area contributed by atoms with Gasteiger partial charge >= 0.3 is 11.9 Å². The summed E-state index contributed by atoms with van der Waals surface area (Å²) in [5, 5.41) is 25.0. The van der Waals surface area contributed by atoms with Gasteiger partial charge in [0.15, 0.2) is 5.96 Å². The van der Waals surface area contributed by atoms with Crippen LogP contribution in [-0.2, 0) is 28.8 Å². The highest BCUT2D eigenvalue weighted by atomic mass is 32.2. The zero-order valence-corrected chi connectivity index (χ0v) is 20.6. The van der Waals surface area contributed by atoms with Gasteiger partial charge in [-0.15, -0.1) is 0 Å². The van der Waals surface area contributed by atoms with Crippen LogP contribution in [0.5, 0.6) is 0 Å². The number of carbonyl (C=O) groups excluding carboxylic acids is 4. The molecule has 0 rings (SSSR count). The summed E-state index contributed by atoms with van der Waals surface area (Å²) >= 11 is 1.36. The van der Waals surface area contributed by atoms with Crippen molar-refractivity contribution in [2.24, 2.45) is 27.9 Å². The molecule has 0 spiro atoms. The number of nitrogens with zero attached hydrogens (tertiary/aromatic N) is 1. The highest BCUT2D eigenvalue weighted by molar-refractivity contribution is 7.98. The molecule has 0 bridgehead atoms. The van der Waals surface area contributed by atoms with Crippen molar-refractivity contribution < 1.29 is 39.0 Å². The van der Waals surface area contributed by atoms with E-state index >= 15 is 0 Å². The van der Waals surface area contributed by atoms with Crippen LogP contribution in [0.15, 0.2) is 4.99 Å². The number of carboxylic acids is 2. The minimum absolute atomic E-state index is 0.00440. The van der Waals surface area contributed by atoms with E-state index in [0.29, 0.717) is 5.75 Å². The Balaban J connectivity index is 5.60. The average Bonchev–Trinajstić information content (AvgIpc) is 2.76. The molecule has 4 unspecified atom stereocenters. The van der Waals surface area contributed by atoms with E-state index in [9.17, 15) is 33.9 Å². The molecule has 0 aromatic rings. The van der Waals surface area contributed by atoms with E-state index < -0.39 is 72.6 Å². The van der Waals surface area contributed by atoms with Crippen LogP contribution in [0, 0.1) is 0 Å². The van der Waals surface area contributed by atoms with E-state index in [4.69, 9.17) is 28.0 Å². The molecule has 4 atom stereocenters. The molecule has 0 saturated heterocycles. The predicted molar refractivity (Wildman–Crippen MR) is 130 cm³/mol. The minimum Gasteiger partial charge on any atom is -0.481 e. The molecular weight excluding hydrogens is 500 g/mol. The number of primary amides is 1. The number of nitrogens with two attached hydrogens (primary N) is 4. The van der Waals surface area contributed by atoms with Gasteiger partial charge in [0.2, 0.25) is 23.6 Å². The Morgan fingerprint density at radius 2 is 1.36 bits per heavy atom. The molecule has 0 heterocycles. The van der Waals surface area contributed by atoms with Crippen LogP contribution < -0.4 is 38.9 Å². The van der Waals surface area contributed by atoms with Gasteiger partial charge in [0, 0.05) is 6.54 Å². The van der Waals surface area contributed by atoms with Gasteiger partial charge in [-0.05, 0) is 31.3 Å². The molecule has 4 amide bonds. The van der Waals surface area contributed by atoms with Crippen LogP contribution in [0.25, 0.3) is 0 Å². The first kappa shape index (κ1) is 32.4. The largest absolute Gasteiger partial charge is 0.481 e. The highest BCUT2D eigenvalue weighted by Crippen LogP contribution is 2.06. The second-order valence-corrected chi connectivity index (χ2v) is 8.61. The van der Waals surface area contributed by atoms with Gasteiger partial charge in [0.25, 0.3) is 0 Å². The van der Waals surface area contributed by atoms with Gasteiger partial charge in [-0.2, -0.15) is 11.8 Å². The molecular formula is C19H34N8O8S. The second kappa shape index (κ2) is 16.9. The molecule has 13 N–H and O–H groups in total. The first-order valence-electron chi connectivity index (χ1n) is 10.7. The molecule has 0 aliphatic heterocycles. The first-order chi connectivity index (χ1) is 16.8. The van der Waals surface area contributed by atoms with Crippen molar-refractivity contribution in [2.45, 2.75) is 56.3 Å². The summed E-state index contributed by atoms with van der Waals surface area (Å²) in [6, 6.07) is -5.49. The fourth-order valence-electron chi connectivity index (χ4n) is 2.78. The van der Waals surface area contributed by atoms with Crippen LogP contribution in [0.3, 0.4) is 0 Å². The van der Waals surface area contributed by atoms with Gasteiger partial charge in [-0.25, -0.2) is 4.79 Å². The number of amides is 4. The number of rotatable bonds is 18. The maximum atomic E-state index is 13.0. The molecule has 36 heavy (non-hydrogen) atoms. The van der Waals surface area contributed by atoms with E-state index in [1.807, 2.05) is 0 Å². The summed E-state index contributed by atoms with van der Waals surface area (Å²) in [6.45, 7) is 0.118. The SMILES string of the molecule is CSCCC(NC(=O)C(CCCN=C(N)N)NC(=O)C(N)CC(=O)O)C(=O)NC(CC(N)=O)C(=O)O. The minimum atomic E-state index is -1.60. The molecule has 0 aliphatic carbocycles. The summed E-state index contributed by atoms with van der Waals surface area (Å²) in [5.41, 5.74) is 21.1. The molecule has 204 valence electrons. The van der Waals surface area contributed by atoms with Crippen LogP contribution in [0.2, 0.25) is 0 Å². The maximum Gasteiger partial charge on any atom is 0.326 e. The zero-order valence-electron chi connectivity index (χ0n) is 19.8. The number of hydrogen-bond donors (Lipinski definition) is 9. The van der Waals surface area contributed by atoms with Gasteiger partial charge in [-0.1, -0.05) is 0 Å². The molecule has 0 fully saturated rings. The first-order valence-corrected chi connectivity index (χ1v) is 12.1. The summed E-state index contributed by atoms with van der Waals surface area (Å²) in [4.78, 5) is 75.1. The summed E-state index contributed by atoms with van der Waals surface area (Å²) in [5.74, 6) is -6.13. The number of carbonyl (C=O) groups is 6. The Hall–Kier alpha value is -3.60. The zero-order chi connectivity index (χ0) is 27.8. The number of nitrogens with one attached hydrogen (secondary N) is 3. The predicted octanol–water partition coefficient (Wildman–Crippen LogP) is -3.99. The molecule has 0 radical (unpaired) electrons. The number of guanidine groups is 1. The monoisotopic (exact) mass is 534 g/mol. The van der Waals surface area contributed by atoms with Gasteiger partial charge in [0.1, 0.15) is 18.1 Å². The van der Waals surface area contributed by atoms with Gasteiger partial charge in [-0.3, -0.25) is 29.0 Å². The van der Waals surface area contributed by atoms with Crippen LogP contribution in [-0.4, -0.2) is 94.5 Å². The Bertz CT molecular complexity index is 836. The third kappa shape index (κ3) is 14.0. The molecule has 0 aromatic carbocycles. The quantitative estimate of drug-likeness (QED) is 0.0462.